The summed E-state index contributed by atoms with van der Waals surface area (Å²) < 4.78 is 1.38. The molecule has 4 heteroatoms. The average molecular weight is 127 g/mol. The minimum Gasteiger partial charge on any atom is -0.396 e. The van der Waals surface area contributed by atoms with Crippen LogP contribution in [0.3, 0.4) is 0 Å². The third kappa shape index (κ3) is 1.20. The topological polar surface area (TPSA) is 64.1 Å². The largest absolute Gasteiger partial charge is 0.396 e. The van der Waals surface area contributed by atoms with Crippen molar-refractivity contribution in [2.24, 2.45) is 0 Å². The molecule has 0 spiro atoms. The van der Waals surface area contributed by atoms with Crippen LogP contribution in [-0.2, 0) is 0 Å². The molecule has 1 atom stereocenters. The lowest BCUT2D eigenvalue weighted by molar-refractivity contribution is 0.111. The Labute approximate surface area is 52.9 Å². The number of nitrogens with two attached hydrogens (primary N) is 1. The molecule has 0 amide bonds. The molecule has 0 aromatic carbocycles. The summed E-state index contributed by atoms with van der Waals surface area (Å²) in [4.78, 5) is 0. The van der Waals surface area contributed by atoms with Gasteiger partial charge in [0.2, 0.25) is 0 Å². The molecule has 9 heavy (non-hydrogen) atoms. The van der Waals surface area contributed by atoms with Crippen molar-refractivity contribution in [3.8, 4) is 0 Å². The third-order valence-electron chi connectivity index (χ3n) is 1.00. The molecule has 0 bridgehead atoms. The van der Waals surface area contributed by atoms with E-state index in [9.17, 15) is 0 Å². The van der Waals surface area contributed by atoms with E-state index in [1.165, 1.54) is 10.9 Å². The maximum absolute atomic E-state index is 8.88. The Kier molecular flexibility index (Phi) is 1.40. The van der Waals surface area contributed by atoms with Crippen molar-refractivity contribution in [3.05, 3.63) is 12.4 Å². The second-order valence-electron chi connectivity index (χ2n) is 1.89. The molecule has 0 aliphatic carbocycles. The van der Waals surface area contributed by atoms with Crippen LogP contribution in [0.25, 0.3) is 0 Å². The van der Waals surface area contributed by atoms with E-state index in [0.29, 0.717) is 5.69 Å². The van der Waals surface area contributed by atoms with Crippen molar-refractivity contribution in [2.45, 2.75) is 13.2 Å². The summed E-state index contributed by atoms with van der Waals surface area (Å²) in [6.07, 6.45) is 2.47. The van der Waals surface area contributed by atoms with Gasteiger partial charge in [-0.05, 0) is 6.92 Å². The van der Waals surface area contributed by atoms with E-state index >= 15 is 0 Å². The van der Waals surface area contributed by atoms with E-state index in [1.807, 2.05) is 0 Å². The number of anilines is 1. The summed E-state index contributed by atoms with van der Waals surface area (Å²) in [7, 11) is 0. The monoisotopic (exact) mass is 127 g/mol. The van der Waals surface area contributed by atoms with Gasteiger partial charge < -0.3 is 10.8 Å². The van der Waals surface area contributed by atoms with Crippen LogP contribution >= 0.6 is 0 Å². The van der Waals surface area contributed by atoms with Gasteiger partial charge in [-0.15, -0.1) is 0 Å². The molecular weight excluding hydrogens is 118 g/mol. The molecular formula is C5H9N3O. The first-order valence-electron chi connectivity index (χ1n) is 2.68. The molecule has 1 rings (SSSR count). The lowest BCUT2D eigenvalue weighted by Gasteiger charge is -2.00. The molecule has 1 unspecified atom stereocenters. The van der Waals surface area contributed by atoms with E-state index in [1.54, 1.807) is 13.1 Å². The highest BCUT2D eigenvalue weighted by molar-refractivity contribution is 5.30. The Morgan fingerprint density at radius 1 is 1.89 bits per heavy atom. The molecule has 1 aromatic heterocycles. The lowest BCUT2D eigenvalue weighted by atomic mass is 10.6. The molecule has 1 aromatic rings. The Balaban J connectivity index is 2.85. The maximum Gasteiger partial charge on any atom is 0.144 e. The van der Waals surface area contributed by atoms with Crippen molar-refractivity contribution < 1.29 is 5.11 Å². The smallest absolute Gasteiger partial charge is 0.144 e. The molecule has 0 saturated carbocycles. The number of hydrogen-bond donors (Lipinski definition) is 2. The quantitative estimate of drug-likeness (QED) is 0.557. The van der Waals surface area contributed by atoms with Gasteiger partial charge in [0.1, 0.15) is 6.23 Å². The first-order chi connectivity index (χ1) is 4.20. The van der Waals surface area contributed by atoms with Crippen LogP contribution in [0, 0.1) is 0 Å². The molecule has 0 aliphatic rings. The first kappa shape index (κ1) is 6.10. The average Bonchev–Trinajstić information content (AvgIpc) is 2.14. The van der Waals surface area contributed by atoms with Crippen LogP contribution in [-0.4, -0.2) is 14.9 Å². The number of nitrogens with zero attached hydrogens (tertiary/aromatic N) is 2. The van der Waals surface area contributed by atoms with E-state index in [4.69, 9.17) is 10.8 Å². The minimum absolute atomic E-state index is 0.566. The zero-order chi connectivity index (χ0) is 6.85. The van der Waals surface area contributed by atoms with E-state index < -0.39 is 6.23 Å². The van der Waals surface area contributed by atoms with Crippen LogP contribution in [0.5, 0.6) is 0 Å². The van der Waals surface area contributed by atoms with Crippen LogP contribution in [0.2, 0.25) is 0 Å². The molecule has 0 radical (unpaired) electrons. The van der Waals surface area contributed by atoms with Crippen molar-refractivity contribution in [3.63, 3.8) is 0 Å². The van der Waals surface area contributed by atoms with Crippen molar-refractivity contribution in [1.82, 2.24) is 9.78 Å². The van der Waals surface area contributed by atoms with Crippen LogP contribution in [0.15, 0.2) is 12.4 Å². The third-order valence-corrected chi connectivity index (χ3v) is 1.00. The highest BCUT2D eigenvalue weighted by Gasteiger charge is 1.97. The molecule has 3 N–H and O–H groups in total. The standard InChI is InChI=1S/C5H9N3O/c1-4(9)8-3-5(6)2-7-8/h2-4,9H,6H2,1H3. The molecule has 4 nitrogen and oxygen atoms in total. The van der Waals surface area contributed by atoms with E-state index in [-0.39, 0.29) is 0 Å². The van der Waals surface area contributed by atoms with Gasteiger partial charge in [-0.3, -0.25) is 0 Å². The zero-order valence-corrected chi connectivity index (χ0v) is 5.15. The number of rotatable bonds is 1. The Bertz CT molecular complexity index is 194. The highest BCUT2D eigenvalue weighted by Crippen LogP contribution is 2.02. The summed E-state index contributed by atoms with van der Waals surface area (Å²) in [5.74, 6) is 0. The Morgan fingerprint density at radius 2 is 2.56 bits per heavy atom. The second-order valence-corrected chi connectivity index (χ2v) is 1.89. The molecule has 0 aliphatic heterocycles. The van der Waals surface area contributed by atoms with Crippen LogP contribution in [0.1, 0.15) is 13.2 Å². The lowest BCUT2D eigenvalue weighted by Crippen LogP contribution is -2.03. The van der Waals surface area contributed by atoms with Gasteiger partial charge >= 0.3 is 0 Å². The zero-order valence-electron chi connectivity index (χ0n) is 5.15. The van der Waals surface area contributed by atoms with Gasteiger partial charge in [0.05, 0.1) is 18.1 Å². The van der Waals surface area contributed by atoms with Gasteiger partial charge in [0, 0.05) is 0 Å². The van der Waals surface area contributed by atoms with Gasteiger partial charge in [-0.25, -0.2) is 4.68 Å². The molecule has 50 valence electrons. The first-order valence-corrected chi connectivity index (χ1v) is 2.68. The van der Waals surface area contributed by atoms with Crippen LogP contribution in [0.4, 0.5) is 5.69 Å². The summed E-state index contributed by atoms with van der Waals surface area (Å²) in [6.45, 7) is 1.62. The maximum atomic E-state index is 8.88. The van der Waals surface area contributed by atoms with Gasteiger partial charge in [-0.1, -0.05) is 0 Å². The summed E-state index contributed by atoms with van der Waals surface area (Å²) in [5.41, 5.74) is 5.89. The normalized spacial score (nSPS) is 13.6. The number of aromatic nitrogens is 2. The number of aliphatic hydroxyl groups is 1. The SMILES string of the molecule is CC(O)n1cc(N)cn1. The van der Waals surface area contributed by atoms with Crippen molar-refractivity contribution >= 4 is 5.69 Å². The molecule has 1 heterocycles. The minimum atomic E-state index is -0.595. The summed E-state index contributed by atoms with van der Waals surface area (Å²) in [5, 5.41) is 12.6. The molecule has 0 fully saturated rings. The fourth-order valence-corrected chi connectivity index (χ4v) is 0.557. The number of aliphatic hydroxyl groups excluding tert-OH is 1. The van der Waals surface area contributed by atoms with Gasteiger partial charge in [0.25, 0.3) is 0 Å². The van der Waals surface area contributed by atoms with E-state index in [0.717, 1.165) is 0 Å². The second kappa shape index (κ2) is 2.06. The highest BCUT2D eigenvalue weighted by atomic mass is 16.3. The van der Waals surface area contributed by atoms with Crippen molar-refractivity contribution in [1.29, 1.82) is 0 Å². The predicted molar refractivity (Wildman–Crippen MR) is 33.6 cm³/mol. The fraction of sp³-hybridized carbons (Fsp3) is 0.400. The molecule has 0 saturated heterocycles. The number of nitrogen functional groups attached to an aromatic ring is 1. The van der Waals surface area contributed by atoms with Gasteiger partial charge in [-0.2, -0.15) is 5.10 Å². The van der Waals surface area contributed by atoms with Gasteiger partial charge in [0.15, 0.2) is 0 Å². The summed E-state index contributed by atoms with van der Waals surface area (Å²) in [6, 6.07) is 0. The fourth-order valence-electron chi connectivity index (χ4n) is 0.557. The Morgan fingerprint density at radius 3 is 2.78 bits per heavy atom. The van der Waals surface area contributed by atoms with Crippen molar-refractivity contribution in [2.75, 3.05) is 5.73 Å². The van der Waals surface area contributed by atoms with Crippen LogP contribution < -0.4 is 5.73 Å². The summed E-state index contributed by atoms with van der Waals surface area (Å²) >= 11 is 0. The Hall–Kier alpha value is -1.03. The van der Waals surface area contributed by atoms with E-state index in [2.05, 4.69) is 5.10 Å². The predicted octanol–water partition coefficient (Wildman–Crippen LogP) is -0.0239. The number of hydrogen-bond acceptors (Lipinski definition) is 3.